The van der Waals surface area contributed by atoms with Crippen molar-refractivity contribution in [3.8, 4) is 0 Å². The molecule has 1 fully saturated rings. The maximum Gasteiger partial charge on any atom is 0.416 e. The first-order valence-corrected chi connectivity index (χ1v) is 7.86. The molecule has 3 nitrogen and oxygen atoms in total. The Morgan fingerprint density at radius 1 is 1.08 bits per heavy atom. The first kappa shape index (κ1) is 19.6. The molecule has 1 aliphatic rings. The van der Waals surface area contributed by atoms with Crippen LogP contribution in [0.4, 0.5) is 26.3 Å². The minimum absolute atomic E-state index is 0.00444. The summed E-state index contributed by atoms with van der Waals surface area (Å²) in [6.45, 7) is 1.91. The molecule has 0 aliphatic carbocycles. The summed E-state index contributed by atoms with van der Waals surface area (Å²) in [5.74, 6) is -0.610. The molecule has 2 N–H and O–H groups in total. The van der Waals surface area contributed by atoms with E-state index >= 15 is 0 Å². The number of carbonyl (C=O) groups excluding carboxylic acids is 1. The fourth-order valence-electron chi connectivity index (χ4n) is 2.75. The molecular weight excluding hydrogens is 350 g/mol. The molecule has 9 heteroatoms. The zero-order valence-electron chi connectivity index (χ0n) is 13.2. The number of hydrogen-bond donors (Lipinski definition) is 2. The van der Waals surface area contributed by atoms with Gasteiger partial charge in [-0.25, -0.2) is 0 Å². The number of benzene rings is 1. The van der Waals surface area contributed by atoms with E-state index in [0.29, 0.717) is 24.5 Å². The molecule has 0 bridgehead atoms. The second kappa shape index (κ2) is 7.63. The Bertz CT molecular complexity index is 573. The SMILES string of the molecule is O=C(NCCC1CCCNC1)c1cc(C(F)(F)F)cc(C(F)(F)F)c1. The molecule has 1 aliphatic heterocycles. The predicted molar refractivity (Wildman–Crippen MR) is 79.0 cm³/mol. The molecular formula is C16H18F6N2O. The smallest absolute Gasteiger partial charge is 0.352 e. The number of nitrogens with one attached hydrogen (secondary N) is 2. The second-order valence-corrected chi connectivity index (χ2v) is 6.05. The van der Waals surface area contributed by atoms with Crippen molar-refractivity contribution in [3.63, 3.8) is 0 Å². The van der Waals surface area contributed by atoms with E-state index in [1.54, 1.807) is 0 Å². The Morgan fingerprint density at radius 3 is 2.16 bits per heavy atom. The van der Waals surface area contributed by atoms with Crippen LogP contribution in [0.2, 0.25) is 0 Å². The molecule has 1 aromatic carbocycles. The Kier molecular flexibility index (Phi) is 5.97. The quantitative estimate of drug-likeness (QED) is 0.793. The van der Waals surface area contributed by atoms with Gasteiger partial charge in [-0.15, -0.1) is 0 Å². The minimum atomic E-state index is -4.97. The van der Waals surface area contributed by atoms with Crippen molar-refractivity contribution in [1.29, 1.82) is 0 Å². The molecule has 1 amide bonds. The second-order valence-electron chi connectivity index (χ2n) is 6.05. The summed E-state index contributed by atoms with van der Waals surface area (Å²) in [4.78, 5) is 12.0. The summed E-state index contributed by atoms with van der Waals surface area (Å²) >= 11 is 0. The van der Waals surface area contributed by atoms with Gasteiger partial charge in [-0.1, -0.05) is 0 Å². The van der Waals surface area contributed by atoms with E-state index in [9.17, 15) is 31.1 Å². The van der Waals surface area contributed by atoms with Crippen molar-refractivity contribution >= 4 is 5.91 Å². The lowest BCUT2D eigenvalue weighted by atomic mass is 9.96. The summed E-state index contributed by atoms with van der Waals surface area (Å²) in [6.07, 6.45) is -7.34. The zero-order chi connectivity index (χ0) is 18.7. The Morgan fingerprint density at radius 2 is 1.68 bits per heavy atom. The number of alkyl halides is 6. The van der Waals surface area contributed by atoms with E-state index in [1.165, 1.54) is 0 Å². The molecule has 140 valence electrons. The number of hydrogen-bond acceptors (Lipinski definition) is 2. The molecule has 0 aromatic heterocycles. The highest BCUT2D eigenvalue weighted by Crippen LogP contribution is 2.36. The van der Waals surface area contributed by atoms with Gasteiger partial charge in [0.1, 0.15) is 0 Å². The lowest BCUT2D eigenvalue weighted by Crippen LogP contribution is -2.33. The van der Waals surface area contributed by atoms with Crippen LogP contribution in [0.15, 0.2) is 18.2 Å². The highest BCUT2D eigenvalue weighted by molar-refractivity contribution is 5.94. The number of piperidine rings is 1. The van der Waals surface area contributed by atoms with Gasteiger partial charge in [0, 0.05) is 12.1 Å². The lowest BCUT2D eigenvalue weighted by Gasteiger charge is -2.22. The fraction of sp³-hybridized carbons (Fsp3) is 0.562. The van der Waals surface area contributed by atoms with Gasteiger partial charge in [-0.05, 0) is 56.5 Å². The molecule has 1 unspecified atom stereocenters. The number of carbonyl (C=O) groups is 1. The van der Waals surface area contributed by atoms with Gasteiger partial charge in [0.2, 0.25) is 0 Å². The maximum absolute atomic E-state index is 12.8. The molecule has 2 rings (SSSR count). The van der Waals surface area contributed by atoms with E-state index in [2.05, 4.69) is 10.6 Å². The fourth-order valence-corrected chi connectivity index (χ4v) is 2.75. The van der Waals surface area contributed by atoms with Gasteiger partial charge in [-0.2, -0.15) is 26.3 Å². The van der Waals surface area contributed by atoms with Crippen molar-refractivity contribution in [2.24, 2.45) is 5.92 Å². The summed E-state index contributed by atoms with van der Waals surface area (Å²) in [5.41, 5.74) is -3.64. The largest absolute Gasteiger partial charge is 0.416 e. The van der Waals surface area contributed by atoms with E-state index in [1.807, 2.05) is 0 Å². The third-order valence-corrected chi connectivity index (χ3v) is 4.09. The number of halogens is 6. The van der Waals surface area contributed by atoms with E-state index in [4.69, 9.17) is 0 Å². The minimum Gasteiger partial charge on any atom is -0.352 e. The van der Waals surface area contributed by atoms with Crippen LogP contribution in [-0.4, -0.2) is 25.5 Å². The highest BCUT2D eigenvalue weighted by Gasteiger charge is 2.37. The van der Waals surface area contributed by atoms with Crippen LogP contribution in [0.3, 0.4) is 0 Å². The van der Waals surface area contributed by atoms with E-state index in [-0.39, 0.29) is 12.6 Å². The van der Waals surface area contributed by atoms with Gasteiger partial charge in [0.25, 0.3) is 5.91 Å². The molecule has 0 radical (unpaired) electrons. The third kappa shape index (κ3) is 5.62. The van der Waals surface area contributed by atoms with Gasteiger partial charge in [-0.3, -0.25) is 4.79 Å². The Labute approximate surface area is 140 Å². The standard InChI is InChI=1S/C16H18F6N2O/c17-15(18,19)12-6-11(7-13(8-12)16(20,21)22)14(25)24-5-3-10-2-1-4-23-9-10/h6-8,10,23H,1-5,9H2,(H,24,25). The maximum atomic E-state index is 12.8. The monoisotopic (exact) mass is 368 g/mol. The van der Waals surface area contributed by atoms with Crippen LogP contribution in [0.25, 0.3) is 0 Å². The average molecular weight is 368 g/mol. The summed E-state index contributed by atoms with van der Waals surface area (Å²) < 4.78 is 76.7. The highest BCUT2D eigenvalue weighted by atomic mass is 19.4. The molecule has 1 heterocycles. The average Bonchev–Trinajstić information content (AvgIpc) is 2.53. The van der Waals surface area contributed by atoms with Crippen molar-refractivity contribution in [2.75, 3.05) is 19.6 Å². The zero-order valence-corrected chi connectivity index (χ0v) is 13.2. The summed E-state index contributed by atoms with van der Waals surface area (Å²) in [5, 5.41) is 5.59. The predicted octanol–water partition coefficient (Wildman–Crippen LogP) is 3.84. The third-order valence-electron chi connectivity index (χ3n) is 4.09. The molecule has 1 atom stereocenters. The summed E-state index contributed by atoms with van der Waals surface area (Å²) in [7, 11) is 0. The van der Waals surface area contributed by atoms with E-state index < -0.39 is 35.0 Å². The van der Waals surface area contributed by atoms with Crippen LogP contribution in [-0.2, 0) is 12.4 Å². The van der Waals surface area contributed by atoms with E-state index in [0.717, 1.165) is 25.9 Å². The Balaban J connectivity index is 2.09. The summed E-state index contributed by atoms with van der Waals surface area (Å²) in [6, 6.07) is 0.879. The van der Waals surface area contributed by atoms with Crippen molar-refractivity contribution in [1.82, 2.24) is 10.6 Å². The topological polar surface area (TPSA) is 41.1 Å². The number of amides is 1. The molecule has 0 spiro atoms. The van der Waals surface area contributed by atoms with Crippen LogP contribution in [0.1, 0.15) is 40.7 Å². The number of rotatable bonds is 4. The van der Waals surface area contributed by atoms with Gasteiger partial charge >= 0.3 is 12.4 Å². The van der Waals surface area contributed by atoms with Gasteiger partial charge < -0.3 is 10.6 Å². The normalized spacial score (nSPS) is 18.9. The molecule has 0 saturated carbocycles. The lowest BCUT2D eigenvalue weighted by molar-refractivity contribution is -0.143. The molecule has 25 heavy (non-hydrogen) atoms. The molecule has 1 aromatic rings. The van der Waals surface area contributed by atoms with Crippen LogP contribution in [0, 0.1) is 5.92 Å². The van der Waals surface area contributed by atoms with Crippen LogP contribution >= 0.6 is 0 Å². The Hall–Kier alpha value is -1.77. The van der Waals surface area contributed by atoms with Gasteiger partial charge in [0.15, 0.2) is 0 Å². The van der Waals surface area contributed by atoms with Crippen LogP contribution in [0.5, 0.6) is 0 Å². The molecule has 1 saturated heterocycles. The van der Waals surface area contributed by atoms with Crippen LogP contribution < -0.4 is 10.6 Å². The van der Waals surface area contributed by atoms with Crippen molar-refractivity contribution in [2.45, 2.75) is 31.6 Å². The first-order valence-electron chi connectivity index (χ1n) is 7.86. The van der Waals surface area contributed by atoms with Crippen molar-refractivity contribution < 1.29 is 31.1 Å². The van der Waals surface area contributed by atoms with Crippen molar-refractivity contribution in [3.05, 3.63) is 34.9 Å². The first-order chi connectivity index (χ1) is 11.6. The van der Waals surface area contributed by atoms with Gasteiger partial charge in [0.05, 0.1) is 11.1 Å².